The lowest BCUT2D eigenvalue weighted by atomic mass is 10.0. The van der Waals surface area contributed by atoms with Crippen LogP contribution in [0, 0.1) is 0 Å². The van der Waals surface area contributed by atoms with E-state index in [1.807, 2.05) is 25.1 Å². The number of carbonyl (C=O) groups is 1. The highest BCUT2D eigenvalue weighted by Crippen LogP contribution is 2.29. The van der Waals surface area contributed by atoms with Crippen molar-refractivity contribution < 1.29 is 9.53 Å². The molecular weight excluding hydrogens is 294 g/mol. The third-order valence-corrected chi connectivity index (χ3v) is 2.56. The number of anilines is 1. The van der Waals surface area contributed by atoms with Crippen LogP contribution < -0.4 is 10.1 Å². The Balaban J connectivity index is 2.98. The molecule has 0 spiro atoms. The van der Waals surface area contributed by atoms with Crippen molar-refractivity contribution in [3.63, 3.8) is 0 Å². The average Bonchev–Trinajstić information content (AvgIpc) is 2.19. The maximum absolute atomic E-state index is 11.1. The lowest BCUT2D eigenvalue weighted by molar-refractivity contribution is -0.114. The topological polar surface area (TPSA) is 38.3 Å². The predicted molar refractivity (Wildman–Crippen MR) is 78.6 cm³/mol. The van der Waals surface area contributed by atoms with E-state index in [2.05, 4.69) is 35.1 Å². The quantitative estimate of drug-likeness (QED) is 0.840. The van der Waals surface area contributed by atoms with Gasteiger partial charge in [0.05, 0.1) is 12.3 Å². The number of halogens is 1. The second kappa shape index (κ2) is 6.23. The first-order valence-corrected chi connectivity index (χ1v) is 6.83. The first kappa shape index (κ1) is 15.0. The van der Waals surface area contributed by atoms with Crippen LogP contribution in [0.1, 0.15) is 33.3 Å². The van der Waals surface area contributed by atoms with Gasteiger partial charge in [0.25, 0.3) is 0 Å². The van der Waals surface area contributed by atoms with Gasteiger partial charge in [-0.1, -0.05) is 22.0 Å². The van der Waals surface area contributed by atoms with Gasteiger partial charge < -0.3 is 10.1 Å². The highest BCUT2D eigenvalue weighted by molar-refractivity contribution is 9.10. The van der Waals surface area contributed by atoms with E-state index in [0.29, 0.717) is 6.61 Å². The molecule has 1 aromatic rings. The molecule has 0 aromatic heterocycles. The predicted octanol–water partition coefficient (Wildman–Crippen LogP) is 3.76. The largest absolute Gasteiger partial charge is 0.492 e. The Hall–Kier alpha value is -1.03. The molecule has 1 aromatic carbocycles. The number of alkyl halides is 1. The van der Waals surface area contributed by atoms with Gasteiger partial charge in [0.2, 0.25) is 5.91 Å². The van der Waals surface area contributed by atoms with Crippen LogP contribution >= 0.6 is 15.9 Å². The van der Waals surface area contributed by atoms with Crippen molar-refractivity contribution in [3.05, 3.63) is 23.8 Å². The third-order valence-electron chi connectivity index (χ3n) is 2.28. The Morgan fingerprint density at radius 1 is 1.44 bits per heavy atom. The van der Waals surface area contributed by atoms with Crippen molar-refractivity contribution in [1.29, 1.82) is 0 Å². The Morgan fingerprint density at radius 2 is 2.11 bits per heavy atom. The summed E-state index contributed by atoms with van der Waals surface area (Å²) in [6, 6.07) is 5.88. The number of nitrogens with one attached hydrogen (secondary N) is 1. The van der Waals surface area contributed by atoms with Crippen LogP contribution in [0.4, 0.5) is 5.69 Å². The SMILES string of the molecule is CCOc1cc(CC(C)(C)Br)ccc1NC(C)=O. The fourth-order valence-electron chi connectivity index (χ4n) is 1.73. The first-order valence-electron chi connectivity index (χ1n) is 6.04. The maximum atomic E-state index is 11.1. The molecule has 0 aliphatic heterocycles. The molecule has 0 saturated heterocycles. The van der Waals surface area contributed by atoms with Gasteiger partial charge in [-0.3, -0.25) is 4.79 Å². The normalized spacial score (nSPS) is 11.2. The molecule has 0 saturated carbocycles. The van der Waals surface area contributed by atoms with E-state index >= 15 is 0 Å². The van der Waals surface area contributed by atoms with Crippen molar-refractivity contribution in [2.45, 2.75) is 38.4 Å². The van der Waals surface area contributed by atoms with Crippen molar-refractivity contribution >= 4 is 27.5 Å². The highest BCUT2D eigenvalue weighted by atomic mass is 79.9. The molecular formula is C14H20BrNO2. The number of ether oxygens (including phenoxy) is 1. The Bertz CT molecular complexity index is 424. The van der Waals surface area contributed by atoms with Crippen LogP contribution in [0.5, 0.6) is 5.75 Å². The molecule has 0 atom stereocenters. The minimum absolute atomic E-state index is 0.0476. The summed E-state index contributed by atoms with van der Waals surface area (Å²) in [6.45, 7) is 8.24. The minimum atomic E-state index is -0.0930. The number of rotatable bonds is 5. The van der Waals surface area contributed by atoms with Gasteiger partial charge in [-0.15, -0.1) is 0 Å². The molecule has 0 aliphatic carbocycles. The fraction of sp³-hybridized carbons (Fsp3) is 0.500. The van der Waals surface area contributed by atoms with Crippen LogP contribution in [0.3, 0.4) is 0 Å². The van der Waals surface area contributed by atoms with Crippen molar-refractivity contribution in [2.75, 3.05) is 11.9 Å². The summed E-state index contributed by atoms with van der Waals surface area (Å²) in [5, 5.41) is 2.77. The molecule has 1 amide bonds. The second-order valence-electron chi connectivity index (χ2n) is 4.84. The van der Waals surface area contributed by atoms with E-state index in [1.54, 1.807) is 0 Å². The summed E-state index contributed by atoms with van der Waals surface area (Å²) in [7, 11) is 0. The minimum Gasteiger partial charge on any atom is -0.492 e. The van der Waals surface area contributed by atoms with E-state index in [1.165, 1.54) is 12.5 Å². The maximum Gasteiger partial charge on any atom is 0.221 e. The summed E-state index contributed by atoms with van der Waals surface area (Å²) in [5.74, 6) is 0.631. The van der Waals surface area contributed by atoms with Crippen molar-refractivity contribution in [3.8, 4) is 5.75 Å². The molecule has 0 bridgehead atoms. The Labute approximate surface area is 117 Å². The molecule has 0 fully saturated rings. The zero-order valence-electron chi connectivity index (χ0n) is 11.3. The van der Waals surface area contributed by atoms with Crippen LogP contribution in [0.2, 0.25) is 0 Å². The summed E-state index contributed by atoms with van der Waals surface area (Å²) < 4.78 is 5.61. The van der Waals surface area contributed by atoms with Gasteiger partial charge in [0, 0.05) is 11.2 Å². The molecule has 0 heterocycles. The Kier molecular flexibility index (Phi) is 5.20. The van der Waals surface area contributed by atoms with Crippen LogP contribution in [0.15, 0.2) is 18.2 Å². The Morgan fingerprint density at radius 3 is 2.61 bits per heavy atom. The number of carbonyl (C=O) groups excluding carboxylic acids is 1. The molecule has 1 rings (SSSR count). The molecule has 0 unspecified atom stereocenters. The standard InChI is InChI=1S/C14H20BrNO2/c1-5-18-13-8-11(9-14(3,4)15)6-7-12(13)16-10(2)17/h6-8H,5,9H2,1-4H3,(H,16,17). The van der Waals surface area contributed by atoms with E-state index in [-0.39, 0.29) is 10.2 Å². The smallest absolute Gasteiger partial charge is 0.221 e. The van der Waals surface area contributed by atoms with Gasteiger partial charge in [0.15, 0.2) is 0 Å². The molecule has 100 valence electrons. The summed E-state index contributed by atoms with van der Waals surface area (Å²) >= 11 is 3.63. The van der Waals surface area contributed by atoms with E-state index in [9.17, 15) is 4.79 Å². The van der Waals surface area contributed by atoms with Crippen molar-refractivity contribution in [1.82, 2.24) is 0 Å². The fourth-order valence-corrected chi connectivity index (χ4v) is 2.05. The van der Waals surface area contributed by atoms with Gasteiger partial charge in [0.1, 0.15) is 5.75 Å². The second-order valence-corrected chi connectivity index (χ2v) is 6.99. The highest BCUT2D eigenvalue weighted by Gasteiger charge is 2.15. The van der Waals surface area contributed by atoms with Crippen LogP contribution in [-0.2, 0) is 11.2 Å². The van der Waals surface area contributed by atoms with Gasteiger partial charge in [-0.25, -0.2) is 0 Å². The number of hydrogen-bond donors (Lipinski definition) is 1. The zero-order chi connectivity index (χ0) is 13.8. The third kappa shape index (κ3) is 5.08. The van der Waals surface area contributed by atoms with Gasteiger partial charge in [-0.2, -0.15) is 0 Å². The van der Waals surface area contributed by atoms with E-state index in [4.69, 9.17) is 4.74 Å². The number of hydrogen-bond acceptors (Lipinski definition) is 2. The monoisotopic (exact) mass is 313 g/mol. The van der Waals surface area contributed by atoms with Gasteiger partial charge in [-0.05, 0) is 44.9 Å². The molecule has 4 heteroatoms. The molecule has 0 radical (unpaired) electrons. The lowest BCUT2D eigenvalue weighted by Gasteiger charge is -2.18. The molecule has 0 aliphatic rings. The molecule has 3 nitrogen and oxygen atoms in total. The van der Waals surface area contributed by atoms with Crippen LogP contribution in [-0.4, -0.2) is 16.8 Å². The van der Waals surface area contributed by atoms with Gasteiger partial charge >= 0.3 is 0 Å². The van der Waals surface area contributed by atoms with E-state index in [0.717, 1.165) is 17.9 Å². The number of benzene rings is 1. The summed E-state index contributed by atoms with van der Waals surface area (Å²) in [4.78, 5) is 11.1. The van der Waals surface area contributed by atoms with Crippen LogP contribution in [0.25, 0.3) is 0 Å². The zero-order valence-corrected chi connectivity index (χ0v) is 12.9. The van der Waals surface area contributed by atoms with Crippen molar-refractivity contribution in [2.24, 2.45) is 0 Å². The first-order chi connectivity index (χ1) is 8.31. The number of amides is 1. The van der Waals surface area contributed by atoms with E-state index < -0.39 is 0 Å². The molecule has 1 N–H and O–H groups in total. The molecule has 18 heavy (non-hydrogen) atoms. The average molecular weight is 314 g/mol. The summed E-state index contributed by atoms with van der Waals surface area (Å²) in [6.07, 6.45) is 0.896. The summed E-state index contributed by atoms with van der Waals surface area (Å²) in [5.41, 5.74) is 1.90. The lowest BCUT2D eigenvalue weighted by Crippen LogP contribution is -2.14.